The summed E-state index contributed by atoms with van der Waals surface area (Å²) in [4.78, 5) is 12.5. The van der Waals surface area contributed by atoms with Gasteiger partial charge in [-0.3, -0.25) is 14.6 Å². The van der Waals surface area contributed by atoms with Crippen LogP contribution in [0.2, 0.25) is 0 Å². The van der Waals surface area contributed by atoms with Crippen molar-refractivity contribution < 1.29 is 22.7 Å². The number of sulfonamides is 1. The number of H-pyrrole nitrogens is 1. The molecule has 1 heterocycles. The van der Waals surface area contributed by atoms with Crippen LogP contribution in [0.25, 0.3) is 0 Å². The van der Waals surface area contributed by atoms with E-state index in [1.807, 2.05) is 0 Å². The number of rotatable bonds is 8. The molecular weight excluding hydrogens is 396 g/mol. The molecule has 0 radical (unpaired) electrons. The molecule has 0 unspecified atom stereocenters. The molecule has 10 heteroatoms. The maximum Gasteiger partial charge on any atom is 0.279 e. The van der Waals surface area contributed by atoms with Crippen LogP contribution in [-0.4, -0.2) is 38.7 Å². The molecular formula is C19H20N4O5S. The molecule has 0 aliphatic rings. The maximum atomic E-state index is 12.7. The maximum absolute atomic E-state index is 12.7. The molecule has 29 heavy (non-hydrogen) atoms. The van der Waals surface area contributed by atoms with Crippen molar-refractivity contribution in [3.05, 3.63) is 65.9 Å². The monoisotopic (exact) mass is 416 g/mol. The number of methoxy groups -OCH3 is 2. The van der Waals surface area contributed by atoms with Crippen LogP contribution < -0.4 is 19.5 Å². The van der Waals surface area contributed by atoms with E-state index in [9.17, 15) is 13.2 Å². The van der Waals surface area contributed by atoms with Gasteiger partial charge in [0.1, 0.15) is 11.5 Å². The number of ether oxygens (including phenoxy) is 2. The van der Waals surface area contributed by atoms with Crippen molar-refractivity contribution >= 4 is 21.6 Å². The second-order valence-corrected chi connectivity index (χ2v) is 7.60. The lowest BCUT2D eigenvalue weighted by molar-refractivity contribution is 0.0947. The van der Waals surface area contributed by atoms with E-state index in [1.165, 1.54) is 13.3 Å². The van der Waals surface area contributed by atoms with Crippen molar-refractivity contribution in [2.24, 2.45) is 0 Å². The van der Waals surface area contributed by atoms with Crippen molar-refractivity contribution in [3.8, 4) is 11.5 Å². The van der Waals surface area contributed by atoms with E-state index in [0.717, 1.165) is 5.56 Å². The van der Waals surface area contributed by atoms with Gasteiger partial charge in [-0.15, -0.1) is 0 Å². The highest BCUT2D eigenvalue weighted by atomic mass is 32.2. The Morgan fingerprint density at radius 3 is 2.17 bits per heavy atom. The summed E-state index contributed by atoms with van der Waals surface area (Å²) in [5, 5.41) is 8.46. The Morgan fingerprint density at radius 1 is 1.00 bits per heavy atom. The van der Waals surface area contributed by atoms with Gasteiger partial charge in [0.2, 0.25) is 0 Å². The lowest BCUT2D eigenvalue weighted by Crippen LogP contribution is -2.25. The van der Waals surface area contributed by atoms with E-state index in [0.29, 0.717) is 17.2 Å². The van der Waals surface area contributed by atoms with Gasteiger partial charge in [0, 0.05) is 12.2 Å². The third-order valence-electron chi connectivity index (χ3n) is 4.07. The van der Waals surface area contributed by atoms with E-state index < -0.39 is 15.9 Å². The average Bonchev–Trinajstić information content (AvgIpc) is 3.24. The molecule has 0 fully saturated rings. The van der Waals surface area contributed by atoms with Gasteiger partial charge in [-0.05, 0) is 42.0 Å². The molecule has 0 aliphatic carbocycles. The molecule has 9 nitrogen and oxygen atoms in total. The highest BCUT2D eigenvalue weighted by molar-refractivity contribution is 7.92. The normalized spacial score (nSPS) is 11.0. The Bertz CT molecular complexity index is 1080. The zero-order valence-electron chi connectivity index (χ0n) is 15.8. The van der Waals surface area contributed by atoms with Gasteiger partial charge in [-0.25, -0.2) is 0 Å². The summed E-state index contributed by atoms with van der Waals surface area (Å²) >= 11 is 0. The summed E-state index contributed by atoms with van der Waals surface area (Å²) in [6.45, 7) is 0.222. The van der Waals surface area contributed by atoms with Crippen LogP contribution >= 0.6 is 0 Å². The number of hydrogen-bond donors (Lipinski definition) is 3. The first-order chi connectivity index (χ1) is 13.9. The van der Waals surface area contributed by atoms with Crippen LogP contribution in [0.4, 0.5) is 5.69 Å². The predicted octanol–water partition coefficient (Wildman–Crippen LogP) is 2.16. The van der Waals surface area contributed by atoms with Crippen LogP contribution in [0, 0.1) is 0 Å². The van der Waals surface area contributed by atoms with Crippen molar-refractivity contribution in [1.82, 2.24) is 15.5 Å². The second kappa shape index (κ2) is 8.65. The Balaban J connectivity index is 1.71. The van der Waals surface area contributed by atoms with Crippen molar-refractivity contribution in [3.63, 3.8) is 0 Å². The minimum Gasteiger partial charge on any atom is -0.497 e. The molecule has 0 saturated heterocycles. The Morgan fingerprint density at radius 2 is 1.59 bits per heavy atom. The van der Waals surface area contributed by atoms with Crippen LogP contribution in [-0.2, 0) is 16.6 Å². The standard InChI is InChI=1S/C19H20N4O5S/c1-27-15-7-3-13(4-8-15)11-20-18(24)17-12-21-22-19(17)29(25,26)23-14-5-9-16(28-2)10-6-14/h3-10,12,23H,11H2,1-2H3,(H,20,24)(H,21,22). The molecule has 0 saturated carbocycles. The van der Waals surface area contributed by atoms with E-state index in [1.54, 1.807) is 55.6 Å². The van der Waals surface area contributed by atoms with Crippen LogP contribution in [0.5, 0.6) is 11.5 Å². The van der Waals surface area contributed by atoms with Gasteiger partial charge in [0.05, 0.1) is 26.0 Å². The van der Waals surface area contributed by atoms with E-state index >= 15 is 0 Å². The zero-order chi connectivity index (χ0) is 20.9. The number of aromatic amines is 1. The number of carbonyl (C=O) groups excluding carboxylic acids is 1. The molecule has 0 aliphatic heterocycles. The number of benzene rings is 2. The van der Waals surface area contributed by atoms with Crippen molar-refractivity contribution in [2.45, 2.75) is 11.6 Å². The fraction of sp³-hybridized carbons (Fsp3) is 0.158. The fourth-order valence-corrected chi connectivity index (χ4v) is 3.68. The first-order valence-electron chi connectivity index (χ1n) is 8.54. The molecule has 152 valence electrons. The minimum atomic E-state index is -4.04. The molecule has 3 N–H and O–H groups in total. The molecule has 3 aromatic rings. The highest BCUT2D eigenvalue weighted by Crippen LogP contribution is 2.20. The van der Waals surface area contributed by atoms with E-state index in [2.05, 4.69) is 20.2 Å². The number of nitrogens with one attached hydrogen (secondary N) is 3. The third kappa shape index (κ3) is 4.85. The van der Waals surface area contributed by atoms with Gasteiger partial charge in [-0.2, -0.15) is 13.5 Å². The van der Waals surface area contributed by atoms with E-state index in [4.69, 9.17) is 9.47 Å². The topological polar surface area (TPSA) is 122 Å². The molecule has 3 rings (SSSR count). The molecule has 0 bridgehead atoms. The summed E-state index contributed by atoms with van der Waals surface area (Å²) in [5.74, 6) is 0.727. The fourth-order valence-electron chi connectivity index (χ4n) is 2.53. The summed E-state index contributed by atoms with van der Waals surface area (Å²) in [6, 6.07) is 13.5. The minimum absolute atomic E-state index is 0.0838. The Hall–Kier alpha value is -3.53. The zero-order valence-corrected chi connectivity index (χ0v) is 16.6. The highest BCUT2D eigenvalue weighted by Gasteiger charge is 2.25. The number of amides is 1. The van der Waals surface area contributed by atoms with Crippen molar-refractivity contribution in [2.75, 3.05) is 18.9 Å². The number of hydrogen-bond acceptors (Lipinski definition) is 6. The Labute approximate surface area is 168 Å². The molecule has 1 amide bonds. The molecule has 0 atom stereocenters. The summed E-state index contributed by atoms with van der Waals surface area (Å²) in [6.07, 6.45) is 1.17. The van der Waals surface area contributed by atoms with Crippen molar-refractivity contribution in [1.29, 1.82) is 0 Å². The van der Waals surface area contributed by atoms with Gasteiger partial charge < -0.3 is 14.8 Å². The Kier molecular flexibility index (Phi) is 6.03. The molecule has 2 aromatic carbocycles. The van der Waals surface area contributed by atoms with Crippen LogP contribution in [0.1, 0.15) is 15.9 Å². The lowest BCUT2D eigenvalue weighted by atomic mass is 10.2. The number of carbonyl (C=O) groups is 1. The SMILES string of the molecule is COc1ccc(CNC(=O)c2cn[nH]c2S(=O)(=O)Nc2ccc(OC)cc2)cc1. The van der Waals surface area contributed by atoms with Gasteiger partial charge in [0.25, 0.3) is 15.9 Å². The number of nitrogens with zero attached hydrogens (tertiary/aromatic N) is 1. The smallest absolute Gasteiger partial charge is 0.279 e. The lowest BCUT2D eigenvalue weighted by Gasteiger charge is -2.09. The number of anilines is 1. The van der Waals surface area contributed by atoms with Crippen LogP contribution in [0.15, 0.2) is 59.8 Å². The second-order valence-electron chi connectivity index (χ2n) is 5.98. The van der Waals surface area contributed by atoms with Gasteiger partial charge in [-0.1, -0.05) is 12.1 Å². The largest absolute Gasteiger partial charge is 0.497 e. The first kappa shape index (κ1) is 20.2. The molecule has 1 aromatic heterocycles. The average molecular weight is 416 g/mol. The van der Waals surface area contributed by atoms with Crippen LogP contribution in [0.3, 0.4) is 0 Å². The quantitative estimate of drug-likeness (QED) is 0.517. The summed E-state index contributed by atoms with van der Waals surface area (Å²) in [5.41, 5.74) is 1.08. The predicted molar refractivity (Wildman–Crippen MR) is 107 cm³/mol. The third-order valence-corrected chi connectivity index (χ3v) is 5.43. The molecule has 0 spiro atoms. The van der Waals surface area contributed by atoms with Gasteiger partial charge >= 0.3 is 0 Å². The van der Waals surface area contributed by atoms with E-state index in [-0.39, 0.29) is 17.1 Å². The van der Waals surface area contributed by atoms with Gasteiger partial charge in [0.15, 0.2) is 5.03 Å². The summed E-state index contributed by atoms with van der Waals surface area (Å²) in [7, 11) is -0.962. The first-order valence-corrected chi connectivity index (χ1v) is 10.0. The summed E-state index contributed by atoms with van der Waals surface area (Å²) < 4.78 is 37.9. The number of aromatic nitrogens is 2.